The Morgan fingerprint density at radius 2 is 1.88 bits per heavy atom. The average molecular weight is 231 g/mol. The van der Waals surface area contributed by atoms with Crippen LogP contribution in [0.1, 0.15) is 44.7 Å². The first-order valence-electron chi connectivity index (χ1n) is 6.86. The highest BCUT2D eigenvalue weighted by atomic mass is 14.9. The highest BCUT2D eigenvalue weighted by Gasteiger charge is 2.15. The molecule has 1 N–H and O–H groups in total. The summed E-state index contributed by atoms with van der Waals surface area (Å²) in [6.07, 6.45) is 3.95. The molecule has 1 heterocycles. The Kier molecular flexibility index (Phi) is 3.88. The van der Waals surface area contributed by atoms with Gasteiger partial charge in [0, 0.05) is 0 Å². The molecule has 94 valence electrons. The predicted octanol–water partition coefficient (Wildman–Crippen LogP) is 3.53. The molecule has 1 nitrogen and oxygen atoms in total. The maximum Gasteiger partial charge on any atom is -0.00173 e. The smallest absolute Gasteiger partial charge is 0.00173 e. The lowest BCUT2D eigenvalue weighted by atomic mass is 9.85. The number of hydrogen-bond donors (Lipinski definition) is 1. The van der Waals surface area contributed by atoms with Gasteiger partial charge in [0.05, 0.1) is 0 Å². The van der Waals surface area contributed by atoms with Crippen LogP contribution in [-0.4, -0.2) is 13.1 Å². The molecule has 1 aliphatic rings. The summed E-state index contributed by atoms with van der Waals surface area (Å²) in [6.45, 7) is 9.22. The van der Waals surface area contributed by atoms with Gasteiger partial charge in [-0.05, 0) is 54.8 Å². The minimum absolute atomic E-state index is 0.269. The molecule has 1 fully saturated rings. The number of nitrogens with one attached hydrogen (secondary N) is 1. The fourth-order valence-electron chi connectivity index (χ4n) is 2.57. The van der Waals surface area contributed by atoms with Crippen LogP contribution in [-0.2, 0) is 11.8 Å². The van der Waals surface area contributed by atoms with E-state index in [1.165, 1.54) is 43.5 Å². The molecule has 0 amide bonds. The topological polar surface area (TPSA) is 12.0 Å². The Bertz CT molecular complexity index is 339. The summed E-state index contributed by atoms with van der Waals surface area (Å²) in [5, 5.41) is 3.49. The first-order chi connectivity index (χ1) is 8.05. The fourth-order valence-corrected chi connectivity index (χ4v) is 2.57. The zero-order valence-corrected chi connectivity index (χ0v) is 11.4. The molecular formula is C16H25N. The number of hydrogen-bond acceptors (Lipinski definition) is 1. The third-order valence-corrected chi connectivity index (χ3v) is 3.74. The largest absolute Gasteiger partial charge is 0.316 e. The summed E-state index contributed by atoms with van der Waals surface area (Å²) in [7, 11) is 0. The molecule has 0 aliphatic carbocycles. The van der Waals surface area contributed by atoms with Gasteiger partial charge < -0.3 is 5.32 Å². The predicted molar refractivity (Wildman–Crippen MR) is 74.4 cm³/mol. The van der Waals surface area contributed by atoms with E-state index in [9.17, 15) is 0 Å². The molecule has 0 aromatic heterocycles. The second kappa shape index (κ2) is 5.22. The van der Waals surface area contributed by atoms with E-state index in [0.717, 1.165) is 5.92 Å². The van der Waals surface area contributed by atoms with Gasteiger partial charge in [0.25, 0.3) is 0 Å². The normalized spacial score (nSPS) is 21.5. The van der Waals surface area contributed by atoms with E-state index in [0.29, 0.717) is 0 Å². The molecule has 1 aromatic carbocycles. The van der Waals surface area contributed by atoms with Crippen LogP contribution in [0.3, 0.4) is 0 Å². The zero-order chi connectivity index (χ0) is 12.3. The number of rotatable bonds is 2. The van der Waals surface area contributed by atoms with Crippen LogP contribution in [0.4, 0.5) is 0 Å². The van der Waals surface area contributed by atoms with E-state index in [4.69, 9.17) is 0 Å². The zero-order valence-electron chi connectivity index (χ0n) is 11.4. The van der Waals surface area contributed by atoms with Crippen LogP contribution in [0.15, 0.2) is 24.3 Å². The molecule has 1 unspecified atom stereocenters. The van der Waals surface area contributed by atoms with Gasteiger partial charge >= 0.3 is 0 Å². The third kappa shape index (κ3) is 3.57. The van der Waals surface area contributed by atoms with Gasteiger partial charge in [0.1, 0.15) is 0 Å². The third-order valence-electron chi connectivity index (χ3n) is 3.74. The summed E-state index contributed by atoms with van der Waals surface area (Å²) in [5.41, 5.74) is 3.19. The first kappa shape index (κ1) is 12.6. The maximum atomic E-state index is 3.49. The SMILES string of the molecule is CC(C)(C)c1ccc(CC2CCCNC2)cc1. The van der Waals surface area contributed by atoms with Gasteiger partial charge in [-0.3, -0.25) is 0 Å². The molecule has 1 atom stereocenters. The van der Waals surface area contributed by atoms with E-state index < -0.39 is 0 Å². The van der Waals surface area contributed by atoms with E-state index in [1.807, 2.05) is 0 Å². The molecule has 0 radical (unpaired) electrons. The molecule has 1 heteroatoms. The molecule has 0 saturated carbocycles. The Hall–Kier alpha value is -0.820. The molecule has 0 spiro atoms. The molecule has 1 aliphatic heterocycles. The summed E-state index contributed by atoms with van der Waals surface area (Å²) in [6, 6.07) is 9.22. The van der Waals surface area contributed by atoms with Crippen LogP contribution in [0.25, 0.3) is 0 Å². The van der Waals surface area contributed by atoms with Gasteiger partial charge in [-0.2, -0.15) is 0 Å². The summed E-state index contributed by atoms with van der Waals surface area (Å²) in [4.78, 5) is 0. The van der Waals surface area contributed by atoms with Crippen LogP contribution >= 0.6 is 0 Å². The van der Waals surface area contributed by atoms with Crippen molar-refractivity contribution in [1.29, 1.82) is 0 Å². The molecule has 17 heavy (non-hydrogen) atoms. The van der Waals surface area contributed by atoms with Crippen molar-refractivity contribution in [3.8, 4) is 0 Å². The summed E-state index contributed by atoms with van der Waals surface area (Å²) in [5.74, 6) is 0.837. The summed E-state index contributed by atoms with van der Waals surface area (Å²) >= 11 is 0. The molecule has 1 aromatic rings. The van der Waals surface area contributed by atoms with E-state index in [2.05, 4.69) is 50.4 Å². The van der Waals surface area contributed by atoms with Crippen molar-refractivity contribution in [2.45, 2.75) is 45.4 Å². The van der Waals surface area contributed by atoms with Crippen molar-refractivity contribution in [1.82, 2.24) is 5.32 Å². The Labute approximate surface area is 106 Å². The Morgan fingerprint density at radius 1 is 1.18 bits per heavy atom. The highest BCUT2D eigenvalue weighted by Crippen LogP contribution is 2.23. The van der Waals surface area contributed by atoms with Crippen LogP contribution in [0, 0.1) is 5.92 Å². The minimum Gasteiger partial charge on any atom is -0.316 e. The Balaban J connectivity index is 1.98. The van der Waals surface area contributed by atoms with E-state index >= 15 is 0 Å². The van der Waals surface area contributed by atoms with Crippen molar-refractivity contribution >= 4 is 0 Å². The standard InChI is InChI=1S/C16H25N/c1-16(2,3)15-8-6-13(7-9-15)11-14-5-4-10-17-12-14/h6-9,14,17H,4-5,10-12H2,1-3H3. The second-order valence-electron chi connectivity index (χ2n) is 6.36. The van der Waals surface area contributed by atoms with Gasteiger partial charge in [-0.15, -0.1) is 0 Å². The van der Waals surface area contributed by atoms with Crippen molar-refractivity contribution < 1.29 is 0 Å². The fraction of sp³-hybridized carbons (Fsp3) is 0.625. The van der Waals surface area contributed by atoms with Crippen LogP contribution < -0.4 is 5.32 Å². The number of benzene rings is 1. The lowest BCUT2D eigenvalue weighted by molar-refractivity contribution is 0.376. The molecular weight excluding hydrogens is 206 g/mol. The van der Waals surface area contributed by atoms with Gasteiger partial charge in [0.15, 0.2) is 0 Å². The van der Waals surface area contributed by atoms with E-state index in [1.54, 1.807) is 0 Å². The van der Waals surface area contributed by atoms with Crippen molar-refractivity contribution in [3.63, 3.8) is 0 Å². The monoisotopic (exact) mass is 231 g/mol. The van der Waals surface area contributed by atoms with Crippen LogP contribution in [0.2, 0.25) is 0 Å². The Morgan fingerprint density at radius 3 is 2.41 bits per heavy atom. The van der Waals surface area contributed by atoms with Gasteiger partial charge in [0.2, 0.25) is 0 Å². The van der Waals surface area contributed by atoms with Gasteiger partial charge in [-0.1, -0.05) is 45.0 Å². The lowest BCUT2D eigenvalue weighted by Gasteiger charge is -2.23. The van der Waals surface area contributed by atoms with Gasteiger partial charge in [-0.25, -0.2) is 0 Å². The first-order valence-corrected chi connectivity index (χ1v) is 6.86. The molecule has 2 rings (SSSR count). The van der Waals surface area contributed by atoms with Crippen molar-refractivity contribution in [3.05, 3.63) is 35.4 Å². The van der Waals surface area contributed by atoms with Crippen LogP contribution in [0.5, 0.6) is 0 Å². The summed E-state index contributed by atoms with van der Waals surface area (Å²) < 4.78 is 0. The second-order valence-corrected chi connectivity index (χ2v) is 6.36. The van der Waals surface area contributed by atoms with Crippen molar-refractivity contribution in [2.24, 2.45) is 5.92 Å². The lowest BCUT2D eigenvalue weighted by Crippen LogP contribution is -2.30. The quantitative estimate of drug-likeness (QED) is 0.821. The molecule has 0 bridgehead atoms. The van der Waals surface area contributed by atoms with E-state index in [-0.39, 0.29) is 5.41 Å². The van der Waals surface area contributed by atoms with Crippen molar-refractivity contribution in [2.75, 3.05) is 13.1 Å². The average Bonchev–Trinajstić information content (AvgIpc) is 2.30. The number of piperidine rings is 1. The highest BCUT2D eigenvalue weighted by molar-refractivity contribution is 5.27. The minimum atomic E-state index is 0.269. The molecule has 1 saturated heterocycles. The maximum absolute atomic E-state index is 3.49.